The molecule has 8 nitrogen and oxygen atoms in total. The topological polar surface area (TPSA) is 101 Å². The van der Waals surface area contributed by atoms with Gasteiger partial charge in [-0.15, -0.1) is 0 Å². The highest BCUT2D eigenvalue weighted by molar-refractivity contribution is 6.31. The van der Waals surface area contributed by atoms with Crippen LogP contribution in [-0.2, 0) is 19.1 Å². The maximum absolute atomic E-state index is 14.8. The average Bonchev–Trinajstić information content (AvgIpc) is 2.99. The summed E-state index contributed by atoms with van der Waals surface area (Å²) in [6.45, 7) is 8.33. The Kier molecular flexibility index (Phi) is 10.3. The van der Waals surface area contributed by atoms with Gasteiger partial charge in [-0.25, -0.2) is 8.78 Å². The number of fused-ring (bicyclic) bond motifs is 4. The lowest BCUT2D eigenvalue weighted by Crippen LogP contribution is -2.38. The van der Waals surface area contributed by atoms with Gasteiger partial charge in [0.25, 0.3) is 0 Å². The number of benzene rings is 2. The molecule has 2 N–H and O–H groups in total. The molecule has 1 aromatic heterocycles. The first-order chi connectivity index (χ1) is 22.3. The van der Waals surface area contributed by atoms with Crippen molar-refractivity contribution in [3.63, 3.8) is 0 Å². The van der Waals surface area contributed by atoms with Crippen molar-refractivity contribution in [3.05, 3.63) is 82.7 Å². The van der Waals surface area contributed by atoms with Crippen molar-refractivity contribution >= 4 is 46.3 Å². The zero-order valence-corrected chi connectivity index (χ0v) is 27.7. The molecule has 0 aliphatic carbocycles. The van der Waals surface area contributed by atoms with Gasteiger partial charge in [0.05, 0.1) is 22.3 Å². The van der Waals surface area contributed by atoms with Crippen LogP contribution in [0.3, 0.4) is 0 Å². The summed E-state index contributed by atoms with van der Waals surface area (Å²) in [6, 6.07) is 11.3. The highest BCUT2D eigenvalue weighted by Gasteiger charge is 2.31. The predicted octanol–water partition coefficient (Wildman–Crippen LogP) is 7.94. The van der Waals surface area contributed by atoms with Gasteiger partial charge in [-0.1, -0.05) is 31.0 Å². The van der Waals surface area contributed by atoms with Crippen LogP contribution in [0.15, 0.2) is 54.7 Å². The zero-order valence-electron chi connectivity index (χ0n) is 27.0. The van der Waals surface area contributed by atoms with Gasteiger partial charge < -0.3 is 20.3 Å². The number of carbonyl (C=O) groups is 3. The summed E-state index contributed by atoms with van der Waals surface area (Å²) >= 11 is 5.92. The number of nitrogens with one attached hydrogen (secondary N) is 2. The SMILES string of the molecule is CC1CCCC(N2CCC(c3c(F)ccc(Cl)c3F)=CC2=O)c2cc(ccn2)-c2ccc(NC(=O)CC(=O)OC(C)(C)C)cc2NC1. The van der Waals surface area contributed by atoms with Gasteiger partial charge in [0.1, 0.15) is 17.8 Å². The number of halogens is 3. The first-order valence-corrected chi connectivity index (χ1v) is 16.2. The molecule has 0 saturated carbocycles. The van der Waals surface area contributed by atoms with Gasteiger partial charge in [-0.3, -0.25) is 19.4 Å². The number of aromatic nitrogens is 1. The molecule has 2 unspecified atom stereocenters. The van der Waals surface area contributed by atoms with Crippen LogP contribution in [0.2, 0.25) is 5.02 Å². The molecule has 0 fully saturated rings. The number of hydrogen-bond acceptors (Lipinski definition) is 6. The monoisotopic (exact) mass is 664 g/mol. The Morgan fingerprint density at radius 2 is 1.91 bits per heavy atom. The summed E-state index contributed by atoms with van der Waals surface area (Å²) in [5.41, 5.74) is 3.12. The van der Waals surface area contributed by atoms with E-state index >= 15 is 0 Å². The van der Waals surface area contributed by atoms with E-state index in [2.05, 4.69) is 22.5 Å². The normalized spacial score (nSPS) is 18.6. The summed E-state index contributed by atoms with van der Waals surface area (Å²) < 4.78 is 34.7. The van der Waals surface area contributed by atoms with Crippen LogP contribution in [0.1, 0.15) is 77.1 Å². The lowest BCUT2D eigenvalue weighted by molar-refractivity contribution is -0.155. The maximum atomic E-state index is 14.8. The Hall–Kier alpha value is -4.31. The Labute approximate surface area is 278 Å². The van der Waals surface area contributed by atoms with Gasteiger partial charge >= 0.3 is 5.97 Å². The number of hydrogen-bond donors (Lipinski definition) is 2. The van der Waals surface area contributed by atoms with Crippen molar-refractivity contribution in [1.82, 2.24) is 9.88 Å². The highest BCUT2D eigenvalue weighted by Crippen LogP contribution is 2.38. The standard InChI is InChI=1S/C36H39ClF2N4O4/c1-21-6-5-7-30(43-15-13-23(17-32(43)45)34-27(38)11-10-26(37)35(34)39)29-16-22(12-14-40-29)25-9-8-24(18-28(25)41-20-21)42-31(44)19-33(46)47-36(2,3)4/h8-12,14,16-18,21,30,41H,5-7,13,15,19-20H2,1-4H3,(H,42,44). The van der Waals surface area contributed by atoms with Crippen molar-refractivity contribution in [2.45, 2.75) is 71.4 Å². The molecule has 0 radical (unpaired) electrons. The van der Waals surface area contributed by atoms with Crippen molar-refractivity contribution in [3.8, 4) is 11.1 Å². The molecule has 2 aromatic carbocycles. The van der Waals surface area contributed by atoms with Crippen LogP contribution in [0.4, 0.5) is 20.2 Å². The van der Waals surface area contributed by atoms with E-state index in [4.69, 9.17) is 16.3 Å². The Bertz CT molecular complexity index is 1720. The third-order valence-corrected chi connectivity index (χ3v) is 8.51. The van der Waals surface area contributed by atoms with Gasteiger partial charge in [0, 0.05) is 42.3 Å². The molecule has 2 bridgehead atoms. The smallest absolute Gasteiger partial charge is 0.315 e. The first-order valence-electron chi connectivity index (χ1n) is 15.8. The van der Waals surface area contributed by atoms with E-state index in [0.29, 0.717) is 24.3 Å². The fraction of sp³-hybridized carbons (Fsp3) is 0.389. The summed E-state index contributed by atoms with van der Waals surface area (Å²) in [4.78, 5) is 44.7. The van der Waals surface area contributed by atoms with E-state index in [0.717, 1.165) is 41.8 Å². The molecule has 5 rings (SSSR count). The number of esters is 1. The first kappa shape index (κ1) is 34.0. The molecule has 2 aliphatic rings. The predicted molar refractivity (Wildman–Crippen MR) is 179 cm³/mol. The number of rotatable bonds is 5. The molecule has 47 heavy (non-hydrogen) atoms. The second-order valence-corrected chi connectivity index (χ2v) is 13.6. The molecule has 2 aliphatic heterocycles. The quantitative estimate of drug-likeness (QED) is 0.163. The number of nitrogens with zero attached hydrogens (tertiary/aromatic N) is 2. The number of amides is 2. The molecule has 0 saturated heterocycles. The van der Waals surface area contributed by atoms with Crippen LogP contribution in [-0.4, -0.2) is 46.4 Å². The molecule has 248 valence electrons. The third-order valence-electron chi connectivity index (χ3n) is 8.22. The van der Waals surface area contributed by atoms with Gasteiger partial charge in [0.15, 0.2) is 5.82 Å². The molecule has 2 amide bonds. The lowest BCUT2D eigenvalue weighted by Gasteiger charge is -2.34. The van der Waals surface area contributed by atoms with Crippen molar-refractivity contribution in [2.24, 2.45) is 5.92 Å². The average molecular weight is 665 g/mol. The maximum Gasteiger partial charge on any atom is 0.315 e. The van der Waals surface area contributed by atoms with Crippen LogP contribution in [0.25, 0.3) is 16.7 Å². The third kappa shape index (κ3) is 8.35. The largest absolute Gasteiger partial charge is 0.460 e. The summed E-state index contributed by atoms with van der Waals surface area (Å²) in [5, 5.41) is 6.13. The van der Waals surface area contributed by atoms with Crippen LogP contribution in [0, 0.1) is 17.6 Å². The van der Waals surface area contributed by atoms with E-state index in [9.17, 15) is 23.2 Å². The fourth-order valence-electron chi connectivity index (χ4n) is 6.02. The molecule has 0 spiro atoms. The highest BCUT2D eigenvalue weighted by atomic mass is 35.5. The van der Waals surface area contributed by atoms with Crippen molar-refractivity contribution < 1.29 is 27.9 Å². The molecular formula is C36H39ClF2N4O4. The molecular weight excluding hydrogens is 626 g/mol. The zero-order chi connectivity index (χ0) is 33.9. The number of anilines is 2. The Morgan fingerprint density at radius 1 is 1.13 bits per heavy atom. The van der Waals surface area contributed by atoms with Crippen molar-refractivity contribution in [2.75, 3.05) is 23.7 Å². The molecule has 2 atom stereocenters. The molecule has 11 heteroatoms. The Morgan fingerprint density at radius 3 is 2.66 bits per heavy atom. The van der Waals surface area contributed by atoms with Crippen LogP contribution in [0.5, 0.6) is 0 Å². The fourth-order valence-corrected chi connectivity index (χ4v) is 6.18. The minimum atomic E-state index is -0.869. The van der Waals surface area contributed by atoms with E-state index < -0.39 is 35.5 Å². The second-order valence-electron chi connectivity index (χ2n) is 13.1. The summed E-state index contributed by atoms with van der Waals surface area (Å²) in [7, 11) is 0. The number of carbonyl (C=O) groups excluding carboxylic acids is 3. The number of pyridine rings is 1. The summed E-state index contributed by atoms with van der Waals surface area (Å²) in [6.07, 6.45) is 5.26. The van der Waals surface area contributed by atoms with Gasteiger partial charge in [-0.05, 0) is 93.5 Å². The van der Waals surface area contributed by atoms with E-state index in [1.54, 1.807) is 37.9 Å². The molecule has 3 heterocycles. The van der Waals surface area contributed by atoms with Crippen molar-refractivity contribution in [1.29, 1.82) is 0 Å². The van der Waals surface area contributed by atoms with E-state index in [1.807, 2.05) is 24.3 Å². The van der Waals surface area contributed by atoms with Gasteiger partial charge in [-0.2, -0.15) is 0 Å². The van der Waals surface area contributed by atoms with E-state index in [-0.39, 0.29) is 47.0 Å². The second kappa shape index (κ2) is 14.2. The lowest BCUT2D eigenvalue weighted by atomic mass is 9.92. The van der Waals surface area contributed by atoms with Gasteiger partial charge in [0.2, 0.25) is 11.8 Å². The minimum absolute atomic E-state index is 0.197. The van der Waals surface area contributed by atoms with Crippen LogP contribution >= 0.6 is 11.6 Å². The van der Waals surface area contributed by atoms with Crippen LogP contribution < -0.4 is 10.6 Å². The molecule has 3 aromatic rings. The van der Waals surface area contributed by atoms with E-state index in [1.165, 1.54) is 6.08 Å². The Balaban J connectivity index is 1.42. The minimum Gasteiger partial charge on any atom is -0.460 e. The summed E-state index contributed by atoms with van der Waals surface area (Å²) in [5.74, 6) is -2.75. The number of ether oxygens (including phenoxy) is 1.